The number of aliphatic hydroxyl groups is 1. The van der Waals surface area contributed by atoms with Gasteiger partial charge in [0.1, 0.15) is 0 Å². The molecule has 1 N–H and O–H groups in total. The predicted molar refractivity (Wildman–Crippen MR) is 41.7 cm³/mol. The minimum Gasteiger partial charge on any atom is -0.366 e. The summed E-state index contributed by atoms with van der Waals surface area (Å²) >= 11 is 0. The van der Waals surface area contributed by atoms with Crippen LogP contribution in [0.1, 0.15) is 34.1 Å². The summed E-state index contributed by atoms with van der Waals surface area (Å²) in [7, 11) is 0. The zero-order chi connectivity index (χ0) is 8.20. The van der Waals surface area contributed by atoms with Crippen LogP contribution in [0.15, 0.2) is 0 Å². The Labute approximate surface area is 63.2 Å². The zero-order valence-electron chi connectivity index (χ0n) is 7.35. The summed E-state index contributed by atoms with van der Waals surface area (Å²) in [4.78, 5) is 0. The van der Waals surface area contributed by atoms with E-state index in [1.54, 1.807) is 13.8 Å². The van der Waals surface area contributed by atoms with E-state index < -0.39 is 5.79 Å². The topological polar surface area (TPSA) is 29.5 Å². The van der Waals surface area contributed by atoms with Gasteiger partial charge in [0, 0.05) is 0 Å². The molecule has 62 valence electrons. The molecule has 0 rings (SSSR count). The second-order valence-corrected chi connectivity index (χ2v) is 3.48. The van der Waals surface area contributed by atoms with E-state index in [1.165, 1.54) is 0 Å². The van der Waals surface area contributed by atoms with Gasteiger partial charge in [0.25, 0.3) is 0 Å². The van der Waals surface area contributed by atoms with Crippen molar-refractivity contribution >= 4 is 0 Å². The molecule has 0 bridgehead atoms. The van der Waals surface area contributed by atoms with Crippen molar-refractivity contribution in [3.63, 3.8) is 0 Å². The van der Waals surface area contributed by atoms with Crippen molar-refractivity contribution in [2.24, 2.45) is 5.92 Å². The Hall–Kier alpha value is -0.0800. The fraction of sp³-hybridized carbons (Fsp3) is 1.00. The van der Waals surface area contributed by atoms with E-state index in [0.717, 1.165) is 6.42 Å². The van der Waals surface area contributed by atoms with Crippen molar-refractivity contribution in [2.75, 3.05) is 6.61 Å². The molecule has 0 spiro atoms. The van der Waals surface area contributed by atoms with Crippen LogP contribution in [-0.4, -0.2) is 17.5 Å². The van der Waals surface area contributed by atoms with Gasteiger partial charge in [-0.05, 0) is 26.2 Å². The van der Waals surface area contributed by atoms with Crippen LogP contribution in [0.2, 0.25) is 0 Å². The van der Waals surface area contributed by atoms with Crippen LogP contribution in [0.4, 0.5) is 0 Å². The molecule has 10 heavy (non-hydrogen) atoms. The van der Waals surface area contributed by atoms with Crippen molar-refractivity contribution in [3.8, 4) is 0 Å². The van der Waals surface area contributed by atoms with Gasteiger partial charge in [0.15, 0.2) is 5.79 Å². The lowest BCUT2D eigenvalue weighted by molar-refractivity contribution is -0.177. The summed E-state index contributed by atoms with van der Waals surface area (Å²) in [6.07, 6.45) is 1.00. The van der Waals surface area contributed by atoms with Gasteiger partial charge in [0.05, 0.1) is 6.61 Å². The molecule has 0 aliphatic carbocycles. The molecule has 0 saturated carbocycles. The first-order valence-electron chi connectivity index (χ1n) is 3.78. The predicted octanol–water partition coefficient (Wildman–Crippen LogP) is 1.78. The number of rotatable bonds is 4. The quantitative estimate of drug-likeness (QED) is 0.612. The van der Waals surface area contributed by atoms with Gasteiger partial charge >= 0.3 is 0 Å². The fourth-order valence-electron chi connectivity index (χ4n) is 0.544. The molecule has 0 aromatic heterocycles. The number of hydrogen-bond donors (Lipinski definition) is 1. The summed E-state index contributed by atoms with van der Waals surface area (Å²) in [6, 6.07) is 0. The zero-order valence-corrected chi connectivity index (χ0v) is 7.35. The summed E-state index contributed by atoms with van der Waals surface area (Å²) in [5, 5.41) is 9.11. The maximum atomic E-state index is 9.11. The van der Waals surface area contributed by atoms with Crippen LogP contribution in [0.3, 0.4) is 0 Å². The Bertz CT molecular complexity index is 81.7. The largest absolute Gasteiger partial charge is 0.366 e. The summed E-state index contributed by atoms with van der Waals surface area (Å²) in [5.74, 6) is -0.322. The van der Waals surface area contributed by atoms with Crippen molar-refractivity contribution in [1.82, 2.24) is 0 Å². The average Bonchev–Trinajstić information content (AvgIpc) is 1.59. The number of ether oxygens (including phenoxy) is 1. The second-order valence-electron chi connectivity index (χ2n) is 3.48. The maximum absolute atomic E-state index is 9.11. The van der Waals surface area contributed by atoms with Gasteiger partial charge in [-0.15, -0.1) is 0 Å². The normalized spacial score (nSPS) is 12.6. The molecule has 0 aromatic carbocycles. The molecule has 2 nitrogen and oxygen atoms in total. The van der Waals surface area contributed by atoms with Crippen LogP contribution in [0.25, 0.3) is 0 Å². The van der Waals surface area contributed by atoms with Crippen LogP contribution in [0.5, 0.6) is 0 Å². The highest BCUT2D eigenvalue weighted by molar-refractivity contribution is 4.49. The van der Waals surface area contributed by atoms with Gasteiger partial charge < -0.3 is 9.84 Å². The van der Waals surface area contributed by atoms with E-state index in [2.05, 4.69) is 13.8 Å². The molecule has 0 radical (unpaired) electrons. The lowest BCUT2D eigenvalue weighted by atomic mass is 10.1. The molecular formula is C8H18O2. The molecule has 0 heterocycles. The summed E-state index contributed by atoms with van der Waals surface area (Å²) < 4.78 is 5.10. The third-order valence-electron chi connectivity index (χ3n) is 1.15. The standard InChI is InChI=1S/C8H18O2/c1-7(2)5-6-10-8(3,4)9/h7,9H,5-6H2,1-4H3. The minimum atomic E-state index is -0.963. The fourth-order valence-corrected chi connectivity index (χ4v) is 0.544. The molecule has 0 fully saturated rings. The molecule has 0 saturated heterocycles. The third-order valence-corrected chi connectivity index (χ3v) is 1.15. The lowest BCUT2D eigenvalue weighted by Crippen LogP contribution is -2.24. The molecular weight excluding hydrogens is 128 g/mol. The van der Waals surface area contributed by atoms with E-state index in [-0.39, 0.29) is 0 Å². The summed E-state index contributed by atoms with van der Waals surface area (Å²) in [5.41, 5.74) is 0. The molecule has 0 aliphatic rings. The Morgan fingerprint density at radius 2 is 1.90 bits per heavy atom. The lowest BCUT2D eigenvalue weighted by Gasteiger charge is -2.18. The smallest absolute Gasteiger partial charge is 0.159 e. The monoisotopic (exact) mass is 146 g/mol. The van der Waals surface area contributed by atoms with E-state index in [9.17, 15) is 0 Å². The Morgan fingerprint density at radius 3 is 2.20 bits per heavy atom. The maximum Gasteiger partial charge on any atom is 0.159 e. The molecule has 0 atom stereocenters. The van der Waals surface area contributed by atoms with Crippen molar-refractivity contribution in [2.45, 2.75) is 39.9 Å². The highest BCUT2D eigenvalue weighted by Gasteiger charge is 2.11. The molecule has 0 amide bonds. The molecule has 0 aromatic rings. The van der Waals surface area contributed by atoms with Gasteiger partial charge in [-0.2, -0.15) is 0 Å². The van der Waals surface area contributed by atoms with Gasteiger partial charge in [0.2, 0.25) is 0 Å². The highest BCUT2D eigenvalue weighted by Crippen LogP contribution is 2.06. The Kier molecular flexibility index (Phi) is 3.91. The van der Waals surface area contributed by atoms with Gasteiger partial charge in [-0.1, -0.05) is 13.8 Å². The second kappa shape index (κ2) is 3.94. The van der Waals surface area contributed by atoms with Gasteiger partial charge in [-0.25, -0.2) is 0 Å². The SMILES string of the molecule is CC(C)CCOC(C)(C)O. The van der Waals surface area contributed by atoms with Crippen LogP contribution in [0, 0.1) is 5.92 Å². The molecule has 0 unspecified atom stereocenters. The van der Waals surface area contributed by atoms with E-state index >= 15 is 0 Å². The van der Waals surface area contributed by atoms with Crippen molar-refractivity contribution in [3.05, 3.63) is 0 Å². The van der Waals surface area contributed by atoms with Crippen LogP contribution < -0.4 is 0 Å². The van der Waals surface area contributed by atoms with Crippen molar-refractivity contribution < 1.29 is 9.84 Å². The van der Waals surface area contributed by atoms with Crippen molar-refractivity contribution in [1.29, 1.82) is 0 Å². The first-order valence-corrected chi connectivity index (χ1v) is 3.78. The van der Waals surface area contributed by atoms with Crippen LogP contribution >= 0.6 is 0 Å². The van der Waals surface area contributed by atoms with Gasteiger partial charge in [-0.3, -0.25) is 0 Å². The first-order chi connectivity index (χ1) is 4.42. The van der Waals surface area contributed by atoms with Crippen LogP contribution in [-0.2, 0) is 4.74 Å². The summed E-state index contributed by atoms with van der Waals surface area (Å²) in [6.45, 7) is 8.20. The van der Waals surface area contributed by atoms with E-state index in [1.807, 2.05) is 0 Å². The Balaban J connectivity index is 3.21. The number of hydrogen-bond acceptors (Lipinski definition) is 2. The van der Waals surface area contributed by atoms with E-state index in [0.29, 0.717) is 12.5 Å². The van der Waals surface area contributed by atoms with E-state index in [4.69, 9.17) is 9.84 Å². The third kappa shape index (κ3) is 7.92. The average molecular weight is 146 g/mol. The first kappa shape index (κ1) is 9.92. The Morgan fingerprint density at radius 1 is 1.40 bits per heavy atom. The molecule has 0 aliphatic heterocycles. The minimum absolute atomic E-state index is 0.640. The molecule has 2 heteroatoms. The highest BCUT2D eigenvalue weighted by atomic mass is 16.6.